The zero-order chi connectivity index (χ0) is 53.1. The Morgan fingerprint density at radius 3 is 1.14 bits per heavy atom. The predicted molar refractivity (Wildman–Crippen MR) is 312 cm³/mol. The van der Waals surface area contributed by atoms with Crippen LogP contribution in [0.5, 0.6) is 0 Å². The third-order valence-corrected chi connectivity index (χ3v) is 13.4. The van der Waals surface area contributed by atoms with Crippen LogP contribution < -0.4 is 5.73 Å². The van der Waals surface area contributed by atoms with Gasteiger partial charge in [-0.25, -0.2) is 4.57 Å². The Hall–Kier alpha value is -3.07. The lowest BCUT2D eigenvalue weighted by atomic mass is 10.0. The van der Waals surface area contributed by atoms with Gasteiger partial charge in [-0.2, -0.15) is 0 Å². The second kappa shape index (κ2) is 58.2. The Kier molecular flexibility index (Phi) is 55.7. The Balaban J connectivity index is 3.94. The molecule has 0 aromatic carbocycles. The van der Waals surface area contributed by atoms with Crippen LogP contribution in [0.2, 0.25) is 0 Å². The Morgan fingerprint density at radius 1 is 0.425 bits per heavy atom. The third-order valence-electron chi connectivity index (χ3n) is 12.5. The fourth-order valence-electron chi connectivity index (χ4n) is 8.08. The molecule has 0 aromatic rings. The van der Waals surface area contributed by atoms with Gasteiger partial charge in [0.1, 0.15) is 6.61 Å². The number of phosphoric ester groups is 1. The molecule has 420 valence electrons. The lowest BCUT2D eigenvalue weighted by molar-refractivity contribution is -0.161. The van der Waals surface area contributed by atoms with E-state index >= 15 is 0 Å². The number of allylic oxidation sites excluding steroid dienone is 16. The van der Waals surface area contributed by atoms with E-state index in [1.54, 1.807) is 0 Å². The summed E-state index contributed by atoms with van der Waals surface area (Å²) in [6.07, 6.45) is 77.5. The van der Waals surface area contributed by atoms with E-state index in [2.05, 4.69) is 111 Å². The first-order chi connectivity index (χ1) is 35.8. The van der Waals surface area contributed by atoms with Gasteiger partial charge in [-0.3, -0.25) is 18.6 Å². The summed E-state index contributed by atoms with van der Waals surface area (Å²) in [4.78, 5) is 35.2. The van der Waals surface area contributed by atoms with Crippen LogP contribution in [0.15, 0.2) is 97.2 Å². The maximum atomic E-state index is 12.7. The summed E-state index contributed by atoms with van der Waals surface area (Å²) in [7, 11) is -4.39. The summed E-state index contributed by atoms with van der Waals surface area (Å²) in [5, 5.41) is 0. The third kappa shape index (κ3) is 58.1. The predicted octanol–water partition coefficient (Wildman–Crippen LogP) is 18.8. The van der Waals surface area contributed by atoms with Gasteiger partial charge in [-0.15, -0.1) is 0 Å². The van der Waals surface area contributed by atoms with E-state index in [0.29, 0.717) is 6.42 Å². The van der Waals surface area contributed by atoms with Gasteiger partial charge in [0, 0.05) is 19.4 Å². The smallest absolute Gasteiger partial charge is 0.462 e. The highest BCUT2D eigenvalue weighted by Gasteiger charge is 2.26. The molecule has 0 saturated carbocycles. The second-order valence-electron chi connectivity index (χ2n) is 19.5. The van der Waals surface area contributed by atoms with Gasteiger partial charge in [-0.1, -0.05) is 246 Å². The lowest BCUT2D eigenvalue weighted by Crippen LogP contribution is -2.29. The van der Waals surface area contributed by atoms with E-state index in [4.69, 9.17) is 24.3 Å². The standard InChI is InChI=1S/C63H110NO8P/c1-3-5-7-9-11-13-15-17-19-21-22-23-24-25-26-27-28-29-30-31-32-33-34-35-36-37-38-40-42-44-46-48-50-52-54-56-63(66)72-61(60-71-73(67,68)70-58-57-64)59-69-62(65)55-53-51-49-47-45-43-41-39-20-18-16-14-12-10-8-6-4-2/h5,7,11,13,17-20,22-23,25-26,28-29,31-32,61H,3-4,6,8-10,12,14-16,21,24,27,30,33-60,64H2,1-2H3,(H,67,68)/b7-5-,13-11-,19-17-,20-18-,23-22-,26-25-,29-28-,32-31-. The molecule has 2 unspecified atom stereocenters. The van der Waals surface area contributed by atoms with Crippen molar-refractivity contribution in [1.29, 1.82) is 0 Å². The minimum atomic E-state index is -4.39. The monoisotopic (exact) mass is 1040 g/mol. The highest BCUT2D eigenvalue weighted by atomic mass is 31.2. The minimum absolute atomic E-state index is 0.0498. The molecule has 0 aliphatic carbocycles. The fraction of sp³-hybridized carbons (Fsp3) is 0.714. The molecule has 3 N–H and O–H groups in total. The maximum absolute atomic E-state index is 12.7. The van der Waals surface area contributed by atoms with Gasteiger partial charge in [0.05, 0.1) is 13.2 Å². The topological polar surface area (TPSA) is 134 Å². The average Bonchev–Trinajstić information content (AvgIpc) is 3.38. The van der Waals surface area contributed by atoms with E-state index in [0.717, 1.165) is 96.3 Å². The van der Waals surface area contributed by atoms with Crippen LogP contribution in [0.4, 0.5) is 0 Å². The number of carbonyl (C=O) groups excluding carboxylic acids is 2. The molecule has 0 amide bonds. The molecule has 0 aliphatic heterocycles. The molecule has 0 spiro atoms. The molecule has 0 radical (unpaired) electrons. The molecule has 73 heavy (non-hydrogen) atoms. The van der Waals surface area contributed by atoms with E-state index in [-0.39, 0.29) is 38.6 Å². The first-order valence-corrected chi connectivity index (χ1v) is 31.2. The molecular formula is C63H110NO8P. The summed E-state index contributed by atoms with van der Waals surface area (Å²) >= 11 is 0. The average molecular weight is 1040 g/mol. The number of rotatable bonds is 55. The van der Waals surface area contributed by atoms with Crippen molar-refractivity contribution in [2.24, 2.45) is 5.73 Å². The Morgan fingerprint density at radius 2 is 0.753 bits per heavy atom. The van der Waals surface area contributed by atoms with Crippen molar-refractivity contribution in [1.82, 2.24) is 0 Å². The molecule has 9 nitrogen and oxygen atoms in total. The quantitative estimate of drug-likeness (QED) is 0.0264. The van der Waals surface area contributed by atoms with Gasteiger partial charge in [-0.05, 0) is 96.3 Å². The molecule has 0 bridgehead atoms. The van der Waals surface area contributed by atoms with Gasteiger partial charge in [0.15, 0.2) is 6.10 Å². The van der Waals surface area contributed by atoms with Crippen molar-refractivity contribution in [3.8, 4) is 0 Å². The number of hydrogen-bond donors (Lipinski definition) is 2. The molecule has 0 aliphatic rings. The Labute approximate surface area is 448 Å². The zero-order valence-corrected chi connectivity index (χ0v) is 47.7. The molecule has 0 heterocycles. The highest BCUT2D eigenvalue weighted by Crippen LogP contribution is 2.43. The first kappa shape index (κ1) is 69.9. The zero-order valence-electron chi connectivity index (χ0n) is 46.8. The van der Waals surface area contributed by atoms with Crippen molar-refractivity contribution < 1.29 is 37.6 Å². The second-order valence-corrected chi connectivity index (χ2v) is 20.9. The summed E-state index contributed by atoms with van der Waals surface area (Å²) in [5.41, 5.74) is 5.38. The normalized spacial score (nSPS) is 13.8. The first-order valence-electron chi connectivity index (χ1n) is 29.7. The number of carbonyl (C=O) groups is 2. The highest BCUT2D eigenvalue weighted by molar-refractivity contribution is 7.47. The lowest BCUT2D eigenvalue weighted by Gasteiger charge is -2.19. The van der Waals surface area contributed by atoms with Crippen molar-refractivity contribution in [2.45, 2.75) is 264 Å². The Bertz CT molecular complexity index is 1510. The molecule has 0 saturated heterocycles. The van der Waals surface area contributed by atoms with Crippen LogP contribution in [0, 0.1) is 0 Å². The number of unbranched alkanes of at least 4 members (excludes halogenated alkanes) is 26. The van der Waals surface area contributed by atoms with Crippen LogP contribution in [0.3, 0.4) is 0 Å². The molecule has 10 heteroatoms. The van der Waals surface area contributed by atoms with Crippen LogP contribution in [-0.4, -0.2) is 49.3 Å². The van der Waals surface area contributed by atoms with Gasteiger partial charge in [0.25, 0.3) is 0 Å². The molecule has 0 fully saturated rings. The van der Waals surface area contributed by atoms with E-state index in [1.807, 2.05) is 0 Å². The molecule has 0 aromatic heterocycles. The van der Waals surface area contributed by atoms with Crippen LogP contribution in [0.1, 0.15) is 258 Å². The van der Waals surface area contributed by atoms with Crippen molar-refractivity contribution >= 4 is 19.8 Å². The molecule has 0 rings (SSSR count). The van der Waals surface area contributed by atoms with Gasteiger partial charge in [0.2, 0.25) is 0 Å². The SMILES string of the molecule is CC/C=C\C/C=C\C/C=C\C/C=C\C/C=C\C/C=C\C/C=C\CCCCCCCCCCCCCCCC(=O)OC(COC(=O)CCCCCCCCC/C=C\CCCCCCCC)COP(=O)(O)OCCN. The van der Waals surface area contributed by atoms with Crippen molar-refractivity contribution in [2.75, 3.05) is 26.4 Å². The van der Waals surface area contributed by atoms with Crippen molar-refractivity contribution in [3.05, 3.63) is 97.2 Å². The largest absolute Gasteiger partial charge is 0.472 e. The number of hydrogen-bond acceptors (Lipinski definition) is 8. The summed E-state index contributed by atoms with van der Waals surface area (Å²) < 4.78 is 33.0. The summed E-state index contributed by atoms with van der Waals surface area (Å²) in [6, 6.07) is 0. The maximum Gasteiger partial charge on any atom is 0.472 e. The molecular weight excluding hydrogens is 930 g/mol. The number of nitrogens with two attached hydrogens (primary N) is 1. The summed E-state index contributed by atoms with van der Waals surface area (Å²) in [5.74, 6) is -0.832. The summed E-state index contributed by atoms with van der Waals surface area (Å²) in [6.45, 7) is 3.63. The van der Waals surface area contributed by atoms with Crippen LogP contribution in [0.25, 0.3) is 0 Å². The number of ether oxygens (including phenoxy) is 2. The molecule has 2 atom stereocenters. The van der Waals surface area contributed by atoms with Crippen LogP contribution >= 0.6 is 7.82 Å². The van der Waals surface area contributed by atoms with Crippen molar-refractivity contribution in [3.63, 3.8) is 0 Å². The fourth-order valence-corrected chi connectivity index (χ4v) is 8.85. The number of esters is 2. The van der Waals surface area contributed by atoms with E-state index in [9.17, 15) is 19.0 Å². The van der Waals surface area contributed by atoms with Gasteiger partial charge < -0.3 is 20.1 Å². The van der Waals surface area contributed by atoms with Gasteiger partial charge >= 0.3 is 19.8 Å². The number of phosphoric acid groups is 1. The van der Waals surface area contributed by atoms with E-state index in [1.165, 1.54) is 128 Å². The minimum Gasteiger partial charge on any atom is -0.462 e. The van der Waals surface area contributed by atoms with Crippen LogP contribution in [-0.2, 0) is 32.7 Å². The van der Waals surface area contributed by atoms with E-state index < -0.39 is 26.5 Å².